The van der Waals surface area contributed by atoms with E-state index in [2.05, 4.69) is 10.1 Å². The first-order valence-corrected chi connectivity index (χ1v) is 3.25. The Morgan fingerprint density at radius 2 is 2.15 bits per heavy atom. The van der Waals surface area contributed by atoms with Crippen molar-refractivity contribution in [3.8, 4) is 0 Å². The molecule has 0 unspecified atom stereocenters. The second-order valence-corrected chi connectivity index (χ2v) is 2.18. The van der Waals surface area contributed by atoms with Crippen LogP contribution < -0.4 is 0 Å². The van der Waals surface area contributed by atoms with Crippen LogP contribution in [0.1, 0.15) is 11.3 Å². The maximum atomic E-state index is 12.2. The van der Waals surface area contributed by atoms with E-state index in [0.29, 0.717) is 6.21 Å². The monoisotopic (exact) mass is 190 g/mol. The molecule has 70 valence electrons. The minimum absolute atomic E-state index is 0.266. The highest BCUT2D eigenvalue weighted by Crippen LogP contribution is 2.29. The fourth-order valence-electron chi connectivity index (χ4n) is 0.821. The summed E-state index contributed by atoms with van der Waals surface area (Å²) in [7, 11) is 0. The Kier molecular flexibility index (Phi) is 2.50. The molecule has 1 aromatic rings. The SMILES string of the molecule is ON=Cc1cccnc1C(F)(F)F. The molecule has 0 bridgehead atoms. The lowest BCUT2D eigenvalue weighted by Crippen LogP contribution is -2.11. The summed E-state index contributed by atoms with van der Waals surface area (Å²) < 4.78 is 36.5. The molecule has 0 aliphatic rings. The van der Waals surface area contributed by atoms with Gasteiger partial charge in [-0.15, -0.1) is 0 Å². The number of aromatic nitrogens is 1. The molecule has 1 N–H and O–H groups in total. The van der Waals surface area contributed by atoms with E-state index in [1.54, 1.807) is 0 Å². The molecule has 1 heterocycles. The molecule has 0 fully saturated rings. The van der Waals surface area contributed by atoms with E-state index in [0.717, 1.165) is 12.3 Å². The largest absolute Gasteiger partial charge is 0.433 e. The summed E-state index contributed by atoms with van der Waals surface area (Å²) in [5, 5.41) is 10.6. The number of oxime groups is 1. The van der Waals surface area contributed by atoms with Crippen molar-refractivity contribution in [3.05, 3.63) is 29.6 Å². The smallest absolute Gasteiger partial charge is 0.411 e. The molecule has 0 saturated carbocycles. The molecule has 0 aliphatic carbocycles. The number of halogens is 3. The minimum atomic E-state index is -4.53. The van der Waals surface area contributed by atoms with E-state index in [-0.39, 0.29) is 5.56 Å². The van der Waals surface area contributed by atoms with Gasteiger partial charge in [-0.2, -0.15) is 13.2 Å². The van der Waals surface area contributed by atoms with Gasteiger partial charge in [-0.1, -0.05) is 5.16 Å². The maximum absolute atomic E-state index is 12.2. The minimum Gasteiger partial charge on any atom is -0.411 e. The van der Waals surface area contributed by atoms with Gasteiger partial charge in [0.25, 0.3) is 0 Å². The molecular formula is C7H5F3N2O. The van der Waals surface area contributed by atoms with E-state index in [1.807, 2.05) is 0 Å². The molecule has 0 spiro atoms. The van der Waals surface area contributed by atoms with E-state index >= 15 is 0 Å². The summed E-state index contributed by atoms with van der Waals surface area (Å²) in [6.07, 6.45) is -2.81. The molecule has 6 heteroatoms. The third kappa shape index (κ3) is 2.17. The van der Waals surface area contributed by atoms with Crippen LogP contribution in [0.25, 0.3) is 0 Å². The third-order valence-electron chi connectivity index (χ3n) is 1.30. The van der Waals surface area contributed by atoms with Crippen LogP contribution in [-0.4, -0.2) is 16.4 Å². The van der Waals surface area contributed by atoms with Crippen molar-refractivity contribution in [2.75, 3.05) is 0 Å². The van der Waals surface area contributed by atoms with Gasteiger partial charge in [-0.3, -0.25) is 4.98 Å². The lowest BCUT2D eigenvalue weighted by molar-refractivity contribution is -0.141. The van der Waals surface area contributed by atoms with E-state index in [4.69, 9.17) is 5.21 Å². The number of nitrogens with zero attached hydrogens (tertiary/aromatic N) is 2. The van der Waals surface area contributed by atoms with Gasteiger partial charge in [0, 0.05) is 11.8 Å². The Morgan fingerprint density at radius 3 is 2.69 bits per heavy atom. The fourth-order valence-corrected chi connectivity index (χ4v) is 0.821. The van der Waals surface area contributed by atoms with Gasteiger partial charge < -0.3 is 5.21 Å². The Balaban J connectivity index is 3.20. The number of rotatable bonds is 1. The van der Waals surface area contributed by atoms with Crippen LogP contribution in [0.3, 0.4) is 0 Å². The lowest BCUT2D eigenvalue weighted by Gasteiger charge is -2.06. The van der Waals surface area contributed by atoms with Gasteiger partial charge >= 0.3 is 6.18 Å². The standard InChI is InChI=1S/C7H5F3N2O/c8-7(9,10)6-5(4-12-13)2-1-3-11-6/h1-4,13H. The van der Waals surface area contributed by atoms with Crippen molar-refractivity contribution in [1.29, 1.82) is 0 Å². The first kappa shape index (κ1) is 9.50. The topological polar surface area (TPSA) is 45.5 Å². The summed E-state index contributed by atoms with van der Waals surface area (Å²) in [4.78, 5) is 3.14. The van der Waals surface area contributed by atoms with Crippen LogP contribution >= 0.6 is 0 Å². The summed E-state index contributed by atoms with van der Waals surface area (Å²) in [6, 6.07) is 2.49. The molecule has 0 radical (unpaired) electrons. The maximum Gasteiger partial charge on any atom is 0.433 e. The van der Waals surface area contributed by atoms with Crippen molar-refractivity contribution < 1.29 is 18.4 Å². The first-order chi connectivity index (χ1) is 6.05. The number of alkyl halides is 3. The van der Waals surface area contributed by atoms with Crippen LogP contribution in [0, 0.1) is 0 Å². The molecule has 0 aromatic carbocycles. The molecule has 1 rings (SSSR count). The Morgan fingerprint density at radius 1 is 1.46 bits per heavy atom. The number of hydrogen-bond donors (Lipinski definition) is 1. The number of hydrogen-bond acceptors (Lipinski definition) is 3. The highest BCUT2D eigenvalue weighted by Gasteiger charge is 2.34. The Hall–Kier alpha value is -1.59. The summed E-state index contributed by atoms with van der Waals surface area (Å²) in [5.74, 6) is 0. The van der Waals surface area contributed by atoms with Crippen LogP contribution in [0.2, 0.25) is 0 Å². The second-order valence-electron chi connectivity index (χ2n) is 2.18. The zero-order valence-corrected chi connectivity index (χ0v) is 6.28. The van der Waals surface area contributed by atoms with Gasteiger partial charge in [0.1, 0.15) is 0 Å². The number of pyridine rings is 1. The predicted molar refractivity (Wildman–Crippen MR) is 38.6 cm³/mol. The molecule has 3 nitrogen and oxygen atoms in total. The molecule has 0 atom stereocenters. The van der Waals surface area contributed by atoms with Crippen molar-refractivity contribution in [2.45, 2.75) is 6.18 Å². The fraction of sp³-hybridized carbons (Fsp3) is 0.143. The van der Waals surface area contributed by atoms with Crippen LogP contribution in [-0.2, 0) is 6.18 Å². The van der Waals surface area contributed by atoms with Crippen molar-refractivity contribution in [1.82, 2.24) is 4.98 Å². The van der Waals surface area contributed by atoms with Crippen molar-refractivity contribution in [2.24, 2.45) is 5.16 Å². The Labute approximate surface area is 71.5 Å². The summed E-state index contributed by atoms with van der Waals surface area (Å²) >= 11 is 0. The van der Waals surface area contributed by atoms with Crippen molar-refractivity contribution in [3.63, 3.8) is 0 Å². The van der Waals surface area contributed by atoms with Gasteiger partial charge in [0.05, 0.1) is 6.21 Å². The van der Waals surface area contributed by atoms with Gasteiger partial charge in [0.2, 0.25) is 0 Å². The first-order valence-electron chi connectivity index (χ1n) is 3.25. The molecular weight excluding hydrogens is 185 g/mol. The highest BCUT2D eigenvalue weighted by atomic mass is 19.4. The third-order valence-corrected chi connectivity index (χ3v) is 1.30. The predicted octanol–water partition coefficient (Wildman–Crippen LogP) is 1.91. The van der Waals surface area contributed by atoms with Gasteiger partial charge in [-0.05, 0) is 12.1 Å². The van der Waals surface area contributed by atoms with Crippen LogP contribution in [0.4, 0.5) is 13.2 Å². The molecule has 0 saturated heterocycles. The van der Waals surface area contributed by atoms with Crippen LogP contribution in [0.15, 0.2) is 23.5 Å². The second kappa shape index (κ2) is 3.42. The average Bonchev–Trinajstić information content (AvgIpc) is 2.04. The van der Waals surface area contributed by atoms with Crippen LogP contribution in [0.5, 0.6) is 0 Å². The zero-order valence-electron chi connectivity index (χ0n) is 6.28. The van der Waals surface area contributed by atoms with E-state index < -0.39 is 11.9 Å². The average molecular weight is 190 g/mol. The highest BCUT2D eigenvalue weighted by molar-refractivity contribution is 5.80. The quantitative estimate of drug-likeness (QED) is 0.417. The molecule has 13 heavy (non-hydrogen) atoms. The summed E-state index contributed by atoms with van der Waals surface area (Å²) in [5.41, 5.74) is -1.33. The van der Waals surface area contributed by atoms with Gasteiger partial charge in [0.15, 0.2) is 5.69 Å². The normalized spacial score (nSPS) is 12.2. The Bertz CT molecular complexity index is 322. The molecule has 0 aliphatic heterocycles. The molecule has 0 amide bonds. The lowest BCUT2D eigenvalue weighted by atomic mass is 10.2. The zero-order chi connectivity index (χ0) is 9.90. The van der Waals surface area contributed by atoms with E-state index in [1.165, 1.54) is 6.07 Å². The van der Waals surface area contributed by atoms with E-state index in [9.17, 15) is 13.2 Å². The van der Waals surface area contributed by atoms with Crippen molar-refractivity contribution >= 4 is 6.21 Å². The molecule has 1 aromatic heterocycles. The van der Waals surface area contributed by atoms with Gasteiger partial charge in [-0.25, -0.2) is 0 Å². The summed E-state index contributed by atoms with van der Waals surface area (Å²) in [6.45, 7) is 0.